The van der Waals surface area contributed by atoms with Gasteiger partial charge in [0.05, 0.1) is 18.4 Å². The predicted octanol–water partition coefficient (Wildman–Crippen LogP) is 2.56. The molecule has 11 unspecified atom stereocenters. The van der Waals surface area contributed by atoms with Gasteiger partial charge in [-0.05, 0) is 83.7 Å². The number of piperazine rings is 1. The van der Waals surface area contributed by atoms with Crippen LogP contribution in [0.2, 0.25) is 0 Å². The number of carbonyl (C=O) groups excluding carboxylic acids is 1. The van der Waals surface area contributed by atoms with Crippen LogP contribution in [-0.4, -0.2) is 103 Å². The van der Waals surface area contributed by atoms with Crippen molar-refractivity contribution in [1.29, 1.82) is 0 Å². The lowest BCUT2D eigenvalue weighted by Gasteiger charge is -2.60. The Morgan fingerprint density at radius 1 is 0.925 bits per heavy atom. The fraction of sp³-hybridized carbons (Fsp3) is 0.967. The fourth-order valence-electron chi connectivity index (χ4n) is 9.32. The van der Waals surface area contributed by atoms with Crippen molar-refractivity contribution in [1.82, 2.24) is 36.4 Å². The summed E-state index contributed by atoms with van der Waals surface area (Å²) in [6.45, 7) is 12.2. The Morgan fingerprint density at radius 2 is 1.75 bits per heavy atom. The molecule has 5 saturated heterocycles. The molecule has 0 radical (unpaired) electrons. The lowest BCUT2D eigenvalue weighted by atomic mass is 9.71. The van der Waals surface area contributed by atoms with E-state index in [1.54, 1.807) is 0 Å². The van der Waals surface area contributed by atoms with Gasteiger partial charge in [0.15, 0.2) is 0 Å². The Labute approximate surface area is 239 Å². The molecular formula is C30H53F2N7O. The first-order chi connectivity index (χ1) is 19.2. The summed E-state index contributed by atoms with van der Waals surface area (Å²) in [5.74, 6) is 0.176. The first kappa shape index (κ1) is 29.0. The number of nitrogens with zero attached hydrogens (tertiary/aromatic N) is 2. The Hall–Kier alpha value is -1.07. The molecule has 1 saturated carbocycles. The molecule has 1 aliphatic carbocycles. The van der Waals surface area contributed by atoms with Gasteiger partial charge in [-0.3, -0.25) is 10.2 Å². The molecule has 5 aliphatic heterocycles. The molecule has 2 bridgehead atoms. The second kappa shape index (κ2) is 11.9. The molecule has 8 nitrogen and oxygen atoms in total. The number of urea groups is 1. The van der Waals surface area contributed by atoms with Crippen molar-refractivity contribution in [3.63, 3.8) is 0 Å². The molecule has 0 spiro atoms. The van der Waals surface area contributed by atoms with Gasteiger partial charge in [-0.2, -0.15) is 0 Å². The van der Waals surface area contributed by atoms with Crippen LogP contribution in [-0.2, 0) is 0 Å². The maximum absolute atomic E-state index is 16.4. The number of carbonyl (C=O) groups is 1. The number of alkyl halides is 2. The van der Waals surface area contributed by atoms with Gasteiger partial charge >= 0.3 is 6.03 Å². The van der Waals surface area contributed by atoms with Crippen molar-refractivity contribution in [3.05, 3.63) is 0 Å². The average Bonchev–Trinajstić information content (AvgIpc) is 2.92. The zero-order chi connectivity index (χ0) is 28.1. The topological polar surface area (TPSA) is 83.7 Å². The van der Waals surface area contributed by atoms with E-state index in [1.165, 1.54) is 0 Å². The normalized spacial score (nSPS) is 48.8. The summed E-state index contributed by atoms with van der Waals surface area (Å²) < 4.78 is 32.1. The van der Waals surface area contributed by atoms with E-state index in [2.05, 4.69) is 64.1 Å². The number of hydrogen-bond acceptors (Lipinski definition) is 6. The van der Waals surface area contributed by atoms with Crippen molar-refractivity contribution in [2.75, 3.05) is 26.2 Å². The van der Waals surface area contributed by atoms with Crippen LogP contribution in [0.3, 0.4) is 0 Å². The highest BCUT2D eigenvalue weighted by molar-refractivity contribution is 5.76. The van der Waals surface area contributed by atoms with E-state index in [0.717, 1.165) is 58.3 Å². The van der Waals surface area contributed by atoms with E-state index in [9.17, 15) is 4.79 Å². The van der Waals surface area contributed by atoms with E-state index in [-0.39, 0.29) is 48.4 Å². The highest BCUT2D eigenvalue weighted by atomic mass is 19.1. The third kappa shape index (κ3) is 5.29. The molecule has 5 heterocycles. The first-order valence-electron chi connectivity index (χ1n) is 16.3. The van der Waals surface area contributed by atoms with E-state index in [0.29, 0.717) is 30.7 Å². The predicted molar refractivity (Wildman–Crippen MR) is 153 cm³/mol. The SMILES string of the molecule is CC(C)C1NCCC2CCCNC3CCCC(F)C3C3NC4C(CC3F)C(N3C[C@@H](C)NC[C@@H]3C)NC(=O)N4C21. The number of halogens is 2. The highest BCUT2D eigenvalue weighted by Crippen LogP contribution is 2.42. The zero-order valence-corrected chi connectivity index (χ0v) is 24.9. The van der Waals surface area contributed by atoms with Gasteiger partial charge in [0, 0.05) is 55.1 Å². The molecule has 0 aromatic carbocycles. The quantitative estimate of drug-likeness (QED) is 0.354. The van der Waals surface area contributed by atoms with Crippen molar-refractivity contribution < 1.29 is 13.6 Å². The van der Waals surface area contributed by atoms with Crippen LogP contribution in [0.1, 0.15) is 72.6 Å². The minimum Gasteiger partial charge on any atom is -0.322 e. The standard InChI is InChI=1S/C30H53F2N7O/c1-16(2)25-27-19(10-12-34-25)7-6-11-33-23-9-5-8-21(31)24(23)26-22(32)13-20-28(37-30(40)39(27)29(20)36-26)38-15-17(3)35-14-18(38)4/h16-29,33-36H,5-15H2,1-4H3,(H,37,40)/t17-,18+,19?,20?,21?,22?,23?,24?,25?,26?,27?,28?,29?/m1/s1. The number of fused-ring (bicyclic) bond motifs is 5. The minimum absolute atomic E-state index is 0.00799. The Morgan fingerprint density at radius 3 is 2.55 bits per heavy atom. The maximum atomic E-state index is 16.4. The highest BCUT2D eigenvalue weighted by Gasteiger charge is 2.57. The van der Waals surface area contributed by atoms with Crippen LogP contribution in [0.25, 0.3) is 0 Å². The molecule has 228 valence electrons. The van der Waals surface area contributed by atoms with Gasteiger partial charge in [-0.15, -0.1) is 0 Å². The van der Waals surface area contributed by atoms with E-state index in [1.807, 2.05) is 0 Å². The molecule has 13 atom stereocenters. The second-order valence-electron chi connectivity index (χ2n) is 14.2. The molecule has 2 amide bonds. The molecule has 40 heavy (non-hydrogen) atoms. The molecule has 0 aromatic heterocycles. The molecule has 6 aliphatic rings. The minimum atomic E-state index is -1.16. The summed E-state index contributed by atoms with van der Waals surface area (Å²) in [5, 5.41) is 18.1. The molecule has 5 N–H and O–H groups in total. The van der Waals surface area contributed by atoms with Crippen LogP contribution >= 0.6 is 0 Å². The van der Waals surface area contributed by atoms with Crippen molar-refractivity contribution in [2.45, 2.75) is 134 Å². The molecule has 10 heteroatoms. The van der Waals surface area contributed by atoms with Gasteiger partial charge in [0.2, 0.25) is 0 Å². The molecule has 6 rings (SSSR count). The summed E-state index contributed by atoms with van der Waals surface area (Å²) in [5.41, 5.74) is 0. The Kier molecular flexibility index (Phi) is 8.63. The van der Waals surface area contributed by atoms with Crippen LogP contribution in [0, 0.1) is 23.7 Å². The lowest BCUT2D eigenvalue weighted by molar-refractivity contribution is -0.0950. The number of amides is 2. The Balaban J connectivity index is 1.41. The van der Waals surface area contributed by atoms with Crippen molar-refractivity contribution in [3.8, 4) is 0 Å². The van der Waals surface area contributed by atoms with Crippen molar-refractivity contribution in [2.24, 2.45) is 23.7 Å². The Bertz CT molecular complexity index is 896. The van der Waals surface area contributed by atoms with E-state index in [4.69, 9.17) is 0 Å². The summed E-state index contributed by atoms with van der Waals surface area (Å²) in [7, 11) is 0. The largest absolute Gasteiger partial charge is 0.322 e. The maximum Gasteiger partial charge on any atom is 0.320 e. The number of piperidine rings is 2. The molecular weight excluding hydrogens is 512 g/mol. The van der Waals surface area contributed by atoms with Crippen LogP contribution in [0.15, 0.2) is 0 Å². The fourth-order valence-corrected chi connectivity index (χ4v) is 9.32. The second-order valence-corrected chi connectivity index (χ2v) is 14.2. The van der Waals surface area contributed by atoms with Crippen molar-refractivity contribution >= 4 is 6.03 Å². The van der Waals surface area contributed by atoms with Gasteiger partial charge in [0.1, 0.15) is 12.3 Å². The average molecular weight is 566 g/mol. The van der Waals surface area contributed by atoms with Crippen LogP contribution < -0.4 is 26.6 Å². The van der Waals surface area contributed by atoms with Crippen LogP contribution in [0.5, 0.6) is 0 Å². The zero-order valence-electron chi connectivity index (χ0n) is 24.9. The van der Waals surface area contributed by atoms with Crippen LogP contribution in [0.4, 0.5) is 13.6 Å². The van der Waals surface area contributed by atoms with E-state index >= 15 is 8.78 Å². The van der Waals surface area contributed by atoms with Gasteiger partial charge in [-0.1, -0.05) is 13.8 Å². The van der Waals surface area contributed by atoms with Gasteiger partial charge in [-0.25, -0.2) is 13.6 Å². The third-order valence-electron chi connectivity index (χ3n) is 11.3. The summed E-state index contributed by atoms with van der Waals surface area (Å²) in [4.78, 5) is 18.8. The monoisotopic (exact) mass is 565 g/mol. The number of hydrogen-bond donors (Lipinski definition) is 5. The van der Waals surface area contributed by atoms with Gasteiger partial charge in [0.25, 0.3) is 0 Å². The lowest BCUT2D eigenvalue weighted by Crippen LogP contribution is -2.80. The third-order valence-corrected chi connectivity index (χ3v) is 11.3. The smallest absolute Gasteiger partial charge is 0.320 e. The molecule has 6 fully saturated rings. The summed E-state index contributed by atoms with van der Waals surface area (Å²) >= 11 is 0. The summed E-state index contributed by atoms with van der Waals surface area (Å²) in [6, 6.07) is 0.0119. The number of rotatable bonds is 2. The van der Waals surface area contributed by atoms with Gasteiger partial charge < -0.3 is 26.2 Å². The first-order valence-corrected chi connectivity index (χ1v) is 16.3. The summed E-state index contributed by atoms with van der Waals surface area (Å²) in [6.07, 6.45) is 2.84. The molecule has 0 aromatic rings. The number of nitrogens with one attached hydrogen (secondary N) is 5. The van der Waals surface area contributed by atoms with E-state index < -0.39 is 24.3 Å².